The Labute approximate surface area is 151 Å². The predicted molar refractivity (Wildman–Crippen MR) is 98.7 cm³/mol. The lowest BCUT2D eigenvalue weighted by molar-refractivity contribution is -0.126. The van der Waals surface area contributed by atoms with Crippen LogP contribution in [0.4, 0.5) is 0 Å². The lowest BCUT2D eigenvalue weighted by atomic mass is 9.74. The van der Waals surface area contributed by atoms with Gasteiger partial charge in [-0.25, -0.2) is 0 Å². The van der Waals surface area contributed by atoms with Crippen LogP contribution in [0.25, 0.3) is 0 Å². The summed E-state index contributed by atoms with van der Waals surface area (Å²) < 4.78 is 5.40. The molecule has 1 saturated heterocycles. The van der Waals surface area contributed by atoms with Crippen LogP contribution in [0.3, 0.4) is 0 Å². The van der Waals surface area contributed by atoms with Crippen molar-refractivity contribution in [2.24, 2.45) is 0 Å². The third kappa shape index (κ3) is 4.71. The molecule has 1 atom stereocenters. The van der Waals surface area contributed by atoms with Crippen LogP contribution in [0.1, 0.15) is 44.1 Å². The molecule has 2 fully saturated rings. The van der Waals surface area contributed by atoms with Gasteiger partial charge in [-0.15, -0.1) is 12.4 Å². The molecule has 24 heavy (non-hydrogen) atoms. The quantitative estimate of drug-likeness (QED) is 0.819. The molecule has 0 radical (unpaired) electrons. The molecular formula is C19H29ClN2O2. The van der Waals surface area contributed by atoms with Crippen molar-refractivity contribution in [1.82, 2.24) is 10.6 Å². The van der Waals surface area contributed by atoms with Crippen LogP contribution in [-0.4, -0.2) is 38.3 Å². The fourth-order valence-electron chi connectivity index (χ4n) is 3.88. The summed E-state index contributed by atoms with van der Waals surface area (Å²) in [5, 5.41) is 6.44. The Bertz CT molecular complexity index is 495. The largest absolute Gasteiger partial charge is 0.378 e. The van der Waals surface area contributed by atoms with E-state index in [1.54, 1.807) is 0 Å². The molecule has 0 spiro atoms. The van der Waals surface area contributed by atoms with Gasteiger partial charge in [-0.05, 0) is 18.4 Å². The van der Waals surface area contributed by atoms with Crippen molar-refractivity contribution in [1.29, 1.82) is 0 Å². The average Bonchev–Trinajstić information content (AvgIpc) is 2.88. The molecule has 0 aromatic heterocycles. The van der Waals surface area contributed by atoms with Gasteiger partial charge in [0.25, 0.3) is 0 Å². The van der Waals surface area contributed by atoms with Gasteiger partial charge in [0.05, 0.1) is 13.2 Å². The van der Waals surface area contributed by atoms with E-state index in [4.69, 9.17) is 4.74 Å². The summed E-state index contributed by atoms with van der Waals surface area (Å²) in [6.45, 7) is 2.65. The number of ether oxygens (including phenoxy) is 1. The lowest BCUT2D eigenvalue weighted by Crippen LogP contribution is -2.53. The minimum Gasteiger partial charge on any atom is -0.378 e. The number of morpholine rings is 1. The molecule has 1 aliphatic carbocycles. The molecule has 4 nitrogen and oxygen atoms in total. The first kappa shape index (κ1) is 19.2. The van der Waals surface area contributed by atoms with Crippen molar-refractivity contribution < 1.29 is 9.53 Å². The van der Waals surface area contributed by atoms with Crippen molar-refractivity contribution >= 4 is 18.3 Å². The van der Waals surface area contributed by atoms with Crippen molar-refractivity contribution in [3.05, 3.63) is 35.9 Å². The van der Waals surface area contributed by atoms with Crippen LogP contribution in [0.2, 0.25) is 0 Å². The zero-order valence-corrected chi connectivity index (χ0v) is 15.1. The van der Waals surface area contributed by atoms with Crippen molar-refractivity contribution in [3.8, 4) is 0 Å². The van der Waals surface area contributed by atoms with Gasteiger partial charge in [0.15, 0.2) is 0 Å². The monoisotopic (exact) mass is 352 g/mol. The molecule has 1 unspecified atom stereocenters. The maximum Gasteiger partial charge on any atom is 0.239 e. The topological polar surface area (TPSA) is 50.4 Å². The maximum absolute atomic E-state index is 12.4. The van der Waals surface area contributed by atoms with E-state index >= 15 is 0 Å². The van der Waals surface area contributed by atoms with Crippen molar-refractivity contribution in [2.75, 3.05) is 26.3 Å². The number of halogens is 1. The number of carbonyl (C=O) groups is 1. The first-order valence-corrected chi connectivity index (χ1v) is 8.95. The van der Waals surface area contributed by atoms with Gasteiger partial charge in [0.1, 0.15) is 6.04 Å². The van der Waals surface area contributed by atoms with Gasteiger partial charge in [0, 0.05) is 18.5 Å². The second-order valence-corrected chi connectivity index (χ2v) is 6.86. The minimum absolute atomic E-state index is 0. The van der Waals surface area contributed by atoms with Gasteiger partial charge in [-0.1, -0.05) is 56.0 Å². The molecule has 1 aromatic carbocycles. The highest BCUT2D eigenvalue weighted by molar-refractivity contribution is 5.85. The van der Waals surface area contributed by atoms with E-state index in [0.29, 0.717) is 13.2 Å². The number of carbonyl (C=O) groups excluding carboxylic acids is 1. The summed E-state index contributed by atoms with van der Waals surface area (Å²) in [6, 6.07) is 10.5. The second kappa shape index (κ2) is 9.40. The molecule has 1 saturated carbocycles. The summed E-state index contributed by atoms with van der Waals surface area (Å²) in [5.74, 6) is 0.0734. The number of benzene rings is 1. The number of nitrogens with one attached hydrogen (secondary N) is 2. The van der Waals surface area contributed by atoms with E-state index in [9.17, 15) is 4.79 Å². The molecule has 2 N–H and O–H groups in total. The number of hydrogen-bond acceptors (Lipinski definition) is 3. The second-order valence-electron chi connectivity index (χ2n) is 6.86. The van der Waals surface area contributed by atoms with Gasteiger partial charge < -0.3 is 15.4 Å². The highest BCUT2D eigenvalue weighted by atomic mass is 35.5. The minimum atomic E-state index is -0.206. The van der Waals surface area contributed by atoms with E-state index < -0.39 is 0 Å². The van der Waals surface area contributed by atoms with Gasteiger partial charge in [-0.2, -0.15) is 0 Å². The molecule has 1 heterocycles. The van der Waals surface area contributed by atoms with E-state index in [0.717, 1.165) is 25.9 Å². The Morgan fingerprint density at radius 2 is 1.88 bits per heavy atom. The Hall–Kier alpha value is -1.10. The standard InChI is InChI=1S/C19H28N2O2.ClH/c22-18(17-14-23-13-12-20-17)21-15-19(10-6-1-2-7-11-19)16-8-4-3-5-9-16;/h3-5,8-9,17,20H,1-2,6-7,10-15H2,(H,21,22);1H. The molecule has 134 valence electrons. The van der Waals surface area contributed by atoms with Crippen LogP contribution >= 0.6 is 12.4 Å². The smallest absolute Gasteiger partial charge is 0.239 e. The van der Waals surface area contributed by atoms with E-state index in [1.807, 2.05) is 0 Å². The van der Waals surface area contributed by atoms with Gasteiger partial charge in [-0.3, -0.25) is 4.79 Å². The molecule has 2 aliphatic rings. The SMILES string of the molecule is Cl.O=C(NCC1(c2ccccc2)CCCCCC1)C1COCCN1. The Kier molecular flexibility index (Phi) is 7.53. The van der Waals surface area contributed by atoms with Crippen LogP contribution in [0.5, 0.6) is 0 Å². The number of rotatable bonds is 4. The number of hydrogen-bond donors (Lipinski definition) is 2. The molecule has 5 heteroatoms. The zero-order valence-electron chi connectivity index (χ0n) is 14.3. The Balaban J connectivity index is 0.00000208. The van der Waals surface area contributed by atoms with Crippen molar-refractivity contribution in [2.45, 2.75) is 50.0 Å². The van der Waals surface area contributed by atoms with E-state index in [1.165, 1.54) is 31.2 Å². The highest BCUT2D eigenvalue weighted by Gasteiger charge is 2.34. The zero-order chi connectivity index (χ0) is 16.0. The number of amides is 1. The Morgan fingerprint density at radius 1 is 1.17 bits per heavy atom. The van der Waals surface area contributed by atoms with Crippen LogP contribution < -0.4 is 10.6 Å². The molecule has 1 aliphatic heterocycles. The van der Waals surface area contributed by atoms with Crippen LogP contribution in [0.15, 0.2) is 30.3 Å². The van der Waals surface area contributed by atoms with Crippen molar-refractivity contribution in [3.63, 3.8) is 0 Å². The average molecular weight is 353 g/mol. The molecule has 1 amide bonds. The normalized spacial score (nSPS) is 23.6. The summed E-state index contributed by atoms with van der Waals surface area (Å²) >= 11 is 0. The van der Waals surface area contributed by atoms with E-state index in [2.05, 4.69) is 41.0 Å². The summed E-state index contributed by atoms with van der Waals surface area (Å²) in [4.78, 5) is 12.4. The lowest BCUT2D eigenvalue weighted by Gasteiger charge is -2.34. The van der Waals surface area contributed by atoms with E-state index in [-0.39, 0.29) is 29.8 Å². The van der Waals surface area contributed by atoms with Gasteiger partial charge in [0.2, 0.25) is 5.91 Å². The highest BCUT2D eigenvalue weighted by Crippen LogP contribution is 2.37. The Morgan fingerprint density at radius 3 is 2.50 bits per heavy atom. The third-order valence-corrected chi connectivity index (χ3v) is 5.29. The molecule has 3 rings (SSSR count). The summed E-state index contributed by atoms with van der Waals surface area (Å²) in [6.07, 6.45) is 7.42. The maximum atomic E-state index is 12.4. The fourth-order valence-corrected chi connectivity index (χ4v) is 3.88. The fraction of sp³-hybridized carbons (Fsp3) is 0.632. The van der Waals surface area contributed by atoms with Gasteiger partial charge >= 0.3 is 0 Å². The predicted octanol–water partition coefficient (Wildman–Crippen LogP) is 2.81. The third-order valence-electron chi connectivity index (χ3n) is 5.29. The summed E-state index contributed by atoms with van der Waals surface area (Å²) in [5.41, 5.74) is 1.46. The van der Waals surface area contributed by atoms with Crippen LogP contribution in [-0.2, 0) is 14.9 Å². The first-order valence-electron chi connectivity index (χ1n) is 8.95. The molecule has 0 bridgehead atoms. The summed E-state index contributed by atoms with van der Waals surface area (Å²) in [7, 11) is 0. The van der Waals surface area contributed by atoms with Crippen LogP contribution in [0, 0.1) is 0 Å². The molecular weight excluding hydrogens is 324 g/mol. The molecule has 1 aromatic rings. The first-order chi connectivity index (χ1) is 11.3.